The van der Waals surface area contributed by atoms with E-state index in [2.05, 4.69) is 30.4 Å². The first-order valence-electron chi connectivity index (χ1n) is 6.56. The minimum Gasteiger partial charge on any atom is -0.354 e. The van der Waals surface area contributed by atoms with Crippen LogP contribution in [0.25, 0.3) is 0 Å². The lowest BCUT2D eigenvalue weighted by Gasteiger charge is -2.35. The Morgan fingerprint density at radius 1 is 1.29 bits per heavy atom. The summed E-state index contributed by atoms with van der Waals surface area (Å²) in [5.74, 6) is 0.919. The van der Waals surface area contributed by atoms with Gasteiger partial charge in [0.15, 0.2) is 0 Å². The smallest absolute Gasteiger partial charge is 0.138 e. The van der Waals surface area contributed by atoms with Crippen LogP contribution in [0.2, 0.25) is 4.34 Å². The molecule has 108 valence electrons. The normalized spacial score (nSPS) is 15.9. The van der Waals surface area contributed by atoms with Crippen molar-refractivity contribution in [3.63, 3.8) is 0 Å². The van der Waals surface area contributed by atoms with Crippen molar-refractivity contribution in [2.24, 2.45) is 0 Å². The lowest BCUT2D eigenvalue weighted by Crippen LogP contribution is -2.46. The van der Waals surface area contributed by atoms with Crippen molar-refractivity contribution in [1.29, 1.82) is 5.26 Å². The van der Waals surface area contributed by atoms with Crippen LogP contribution in [-0.2, 0) is 6.54 Å². The number of rotatable bonds is 3. The summed E-state index contributed by atoms with van der Waals surface area (Å²) in [5, 5.41) is 12.8. The van der Waals surface area contributed by atoms with Gasteiger partial charge < -0.3 is 4.90 Å². The second-order valence-corrected chi connectivity index (χ2v) is 6.13. The summed E-state index contributed by atoms with van der Waals surface area (Å²) in [6.45, 7) is 4.39. The summed E-state index contributed by atoms with van der Waals surface area (Å²) in [5.41, 5.74) is 1.44. The molecule has 0 saturated carbocycles. The predicted molar refractivity (Wildman–Crippen MR) is 81.4 cm³/mol. The first kappa shape index (κ1) is 14.2. The third kappa shape index (κ3) is 3.29. The maximum atomic E-state index is 8.79. The van der Waals surface area contributed by atoms with E-state index in [-0.39, 0.29) is 0 Å². The first-order chi connectivity index (χ1) is 10.3. The van der Waals surface area contributed by atoms with E-state index in [1.54, 1.807) is 12.3 Å². The van der Waals surface area contributed by atoms with Crippen molar-refractivity contribution in [1.82, 2.24) is 19.5 Å². The molecule has 21 heavy (non-hydrogen) atoms. The monoisotopic (exact) mass is 320 g/mol. The number of halogens is 1. The Morgan fingerprint density at radius 3 is 2.67 bits per heavy atom. The van der Waals surface area contributed by atoms with E-state index in [1.807, 2.05) is 6.07 Å². The third-order valence-corrected chi connectivity index (χ3v) is 4.44. The van der Waals surface area contributed by atoms with Crippen molar-refractivity contribution < 1.29 is 0 Å². The van der Waals surface area contributed by atoms with Crippen molar-refractivity contribution in [2.75, 3.05) is 31.1 Å². The van der Waals surface area contributed by atoms with E-state index >= 15 is 0 Å². The Kier molecular flexibility index (Phi) is 4.29. The van der Waals surface area contributed by atoms with E-state index in [1.165, 1.54) is 11.5 Å². The number of piperazine rings is 1. The van der Waals surface area contributed by atoms with Crippen molar-refractivity contribution in [2.45, 2.75) is 6.54 Å². The summed E-state index contributed by atoms with van der Waals surface area (Å²) in [6, 6.07) is 5.78. The molecule has 0 aliphatic carbocycles. The SMILES string of the molecule is N#Cc1ccc(N2CCN(Cc3nnsc3Cl)CC2)nc1. The molecule has 1 fully saturated rings. The maximum Gasteiger partial charge on any atom is 0.138 e. The highest BCUT2D eigenvalue weighted by molar-refractivity contribution is 7.10. The zero-order valence-electron chi connectivity index (χ0n) is 11.2. The molecule has 3 rings (SSSR count). The van der Waals surface area contributed by atoms with Gasteiger partial charge in [-0.1, -0.05) is 16.1 Å². The van der Waals surface area contributed by atoms with Gasteiger partial charge in [0.25, 0.3) is 0 Å². The Bertz CT molecular complexity index is 641. The van der Waals surface area contributed by atoms with E-state index < -0.39 is 0 Å². The van der Waals surface area contributed by atoms with Crippen LogP contribution in [0.1, 0.15) is 11.3 Å². The van der Waals surface area contributed by atoms with Crippen LogP contribution >= 0.6 is 23.1 Å². The molecule has 0 N–H and O–H groups in total. The molecule has 0 bridgehead atoms. The Balaban J connectivity index is 1.57. The van der Waals surface area contributed by atoms with Crippen molar-refractivity contribution in [3.8, 4) is 6.07 Å². The molecule has 2 aromatic rings. The van der Waals surface area contributed by atoms with Crippen LogP contribution in [0.5, 0.6) is 0 Å². The molecule has 0 aromatic carbocycles. The molecule has 0 amide bonds. The van der Waals surface area contributed by atoms with Crippen LogP contribution in [0.3, 0.4) is 0 Å². The van der Waals surface area contributed by atoms with Gasteiger partial charge in [-0.15, -0.1) is 5.10 Å². The average molecular weight is 321 g/mol. The summed E-state index contributed by atoms with van der Waals surface area (Å²) in [7, 11) is 0. The molecule has 0 atom stereocenters. The Hall–Kier alpha value is -1.75. The number of anilines is 1. The zero-order valence-corrected chi connectivity index (χ0v) is 12.8. The summed E-state index contributed by atoms with van der Waals surface area (Å²) >= 11 is 7.26. The van der Waals surface area contributed by atoms with Gasteiger partial charge in [-0.05, 0) is 12.1 Å². The highest BCUT2D eigenvalue weighted by Gasteiger charge is 2.19. The van der Waals surface area contributed by atoms with E-state index in [4.69, 9.17) is 16.9 Å². The second kappa shape index (κ2) is 6.35. The highest BCUT2D eigenvalue weighted by atomic mass is 35.5. The number of pyridine rings is 1. The van der Waals surface area contributed by atoms with Crippen LogP contribution < -0.4 is 4.90 Å². The number of nitriles is 1. The number of hydrogen-bond acceptors (Lipinski definition) is 7. The highest BCUT2D eigenvalue weighted by Crippen LogP contribution is 2.20. The minimum absolute atomic E-state index is 0.586. The molecule has 2 aromatic heterocycles. The van der Waals surface area contributed by atoms with Crippen LogP contribution in [0.4, 0.5) is 5.82 Å². The summed E-state index contributed by atoms with van der Waals surface area (Å²) in [4.78, 5) is 8.86. The molecular weight excluding hydrogens is 308 g/mol. The van der Waals surface area contributed by atoms with Crippen LogP contribution in [0.15, 0.2) is 18.3 Å². The fraction of sp³-hybridized carbons (Fsp3) is 0.385. The fourth-order valence-corrected chi connectivity index (χ4v) is 2.89. The average Bonchev–Trinajstić information content (AvgIpc) is 2.93. The van der Waals surface area contributed by atoms with Gasteiger partial charge in [0.05, 0.1) is 5.56 Å². The standard InChI is InChI=1S/C13H13ClN6S/c14-13-11(17-18-21-13)9-19-3-5-20(6-4-19)12-2-1-10(7-15)8-16-12/h1-2,8H,3-6,9H2. The van der Waals surface area contributed by atoms with E-state index in [9.17, 15) is 0 Å². The number of nitrogens with zero attached hydrogens (tertiary/aromatic N) is 6. The summed E-state index contributed by atoms with van der Waals surface area (Å²) < 4.78 is 4.52. The molecular formula is C13H13ClN6S. The van der Waals surface area contributed by atoms with Gasteiger partial charge in [0.2, 0.25) is 0 Å². The Morgan fingerprint density at radius 2 is 2.10 bits per heavy atom. The van der Waals surface area contributed by atoms with Crippen molar-refractivity contribution >= 4 is 29.0 Å². The van der Waals surface area contributed by atoms with Crippen LogP contribution in [0, 0.1) is 11.3 Å². The molecule has 3 heterocycles. The molecule has 8 heteroatoms. The quantitative estimate of drug-likeness (QED) is 0.858. The third-order valence-electron chi connectivity index (χ3n) is 3.46. The molecule has 0 unspecified atom stereocenters. The van der Waals surface area contributed by atoms with Gasteiger partial charge in [0.1, 0.15) is 21.9 Å². The van der Waals surface area contributed by atoms with Gasteiger partial charge >= 0.3 is 0 Å². The Labute approximate surface area is 131 Å². The second-order valence-electron chi connectivity index (χ2n) is 4.77. The molecule has 6 nitrogen and oxygen atoms in total. The lowest BCUT2D eigenvalue weighted by molar-refractivity contribution is 0.246. The molecule has 0 radical (unpaired) electrons. The van der Waals surface area contributed by atoms with Gasteiger partial charge in [-0.2, -0.15) is 5.26 Å². The first-order valence-corrected chi connectivity index (χ1v) is 7.71. The zero-order chi connectivity index (χ0) is 14.7. The molecule has 1 saturated heterocycles. The van der Waals surface area contributed by atoms with Gasteiger partial charge in [0, 0.05) is 50.5 Å². The van der Waals surface area contributed by atoms with E-state index in [0.29, 0.717) is 9.90 Å². The molecule has 0 spiro atoms. The van der Waals surface area contributed by atoms with Gasteiger partial charge in [-0.3, -0.25) is 4.90 Å². The maximum absolute atomic E-state index is 8.79. The molecule has 1 aliphatic rings. The topological polar surface area (TPSA) is 68.9 Å². The van der Waals surface area contributed by atoms with E-state index in [0.717, 1.165) is 44.2 Å². The van der Waals surface area contributed by atoms with Gasteiger partial charge in [-0.25, -0.2) is 4.98 Å². The summed E-state index contributed by atoms with van der Waals surface area (Å²) in [6.07, 6.45) is 1.61. The van der Waals surface area contributed by atoms with Crippen LogP contribution in [-0.4, -0.2) is 45.6 Å². The fourth-order valence-electron chi connectivity index (χ4n) is 2.28. The lowest BCUT2D eigenvalue weighted by atomic mass is 10.2. The van der Waals surface area contributed by atoms with Crippen molar-refractivity contribution in [3.05, 3.63) is 33.9 Å². The largest absolute Gasteiger partial charge is 0.354 e. The molecule has 1 aliphatic heterocycles. The number of aromatic nitrogens is 3. The minimum atomic E-state index is 0.586. The number of hydrogen-bond donors (Lipinski definition) is 0. The predicted octanol–water partition coefficient (Wildman–Crippen LogP) is 1.78.